The molecule has 0 saturated heterocycles. The van der Waals surface area contributed by atoms with Crippen LogP contribution >= 0.6 is 0 Å². The van der Waals surface area contributed by atoms with Gasteiger partial charge in [-0.15, -0.1) is 0 Å². The monoisotopic (exact) mass is 386 g/mol. The summed E-state index contributed by atoms with van der Waals surface area (Å²) in [6.07, 6.45) is 0. The molecule has 144 valence electrons. The molecule has 0 aliphatic carbocycles. The lowest BCUT2D eigenvalue weighted by atomic mass is 9.81. The molecule has 0 aromatic heterocycles. The van der Waals surface area contributed by atoms with Crippen LogP contribution in [0, 0.1) is 11.3 Å². The van der Waals surface area contributed by atoms with Gasteiger partial charge in [0.1, 0.15) is 28.9 Å². The van der Waals surface area contributed by atoms with Crippen molar-refractivity contribution in [2.45, 2.75) is 12.8 Å². The van der Waals surface area contributed by atoms with E-state index in [9.17, 15) is 10.1 Å². The summed E-state index contributed by atoms with van der Waals surface area (Å²) in [7, 11) is 1.60. The van der Waals surface area contributed by atoms with Crippen molar-refractivity contribution in [1.82, 2.24) is 0 Å². The fraction of sp³-hybridized carbons (Fsp3) is 0.130. The summed E-state index contributed by atoms with van der Waals surface area (Å²) < 4.78 is 16.3. The Balaban J connectivity index is 1.98. The van der Waals surface area contributed by atoms with Crippen LogP contribution in [0.25, 0.3) is 10.8 Å². The number of allylic oxidation sites excluding steroid dienone is 1. The van der Waals surface area contributed by atoms with Crippen LogP contribution in [0.3, 0.4) is 0 Å². The zero-order chi connectivity index (χ0) is 20.5. The van der Waals surface area contributed by atoms with Crippen molar-refractivity contribution in [3.8, 4) is 23.3 Å². The summed E-state index contributed by atoms with van der Waals surface area (Å²) in [5.74, 6) is 0.954. The van der Waals surface area contributed by atoms with Gasteiger partial charge in [-0.05, 0) is 46.7 Å². The SMILES string of the molecule is COc1ccc(C2C(C#N)=C(N)Oc3ccc4ccc(OC(C)=O)cc4c32)cc1. The average molecular weight is 386 g/mol. The molecule has 6 nitrogen and oxygen atoms in total. The van der Waals surface area contributed by atoms with E-state index in [1.807, 2.05) is 42.5 Å². The van der Waals surface area contributed by atoms with Crippen molar-refractivity contribution >= 4 is 16.7 Å². The number of nitrogens with two attached hydrogens (primary N) is 1. The zero-order valence-corrected chi connectivity index (χ0v) is 15.9. The molecular weight excluding hydrogens is 368 g/mol. The fourth-order valence-corrected chi connectivity index (χ4v) is 3.63. The Morgan fingerprint density at radius 1 is 1.10 bits per heavy atom. The van der Waals surface area contributed by atoms with E-state index in [0.29, 0.717) is 22.8 Å². The van der Waals surface area contributed by atoms with Gasteiger partial charge in [-0.3, -0.25) is 4.79 Å². The second kappa shape index (κ2) is 7.21. The van der Waals surface area contributed by atoms with Gasteiger partial charge in [0.15, 0.2) is 0 Å². The molecule has 3 aromatic rings. The number of nitrogens with zero attached hydrogens (tertiary/aromatic N) is 1. The lowest BCUT2D eigenvalue weighted by molar-refractivity contribution is -0.131. The van der Waals surface area contributed by atoms with Crippen LogP contribution in [0.4, 0.5) is 0 Å². The largest absolute Gasteiger partial charge is 0.497 e. The maximum absolute atomic E-state index is 11.4. The van der Waals surface area contributed by atoms with Gasteiger partial charge in [0.05, 0.1) is 13.0 Å². The predicted octanol–water partition coefficient (Wildman–Crippen LogP) is 3.99. The van der Waals surface area contributed by atoms with Crippen LogP contribution in [0.15, 0.2) is 66.1 Å². The quantitative estimate of drug-likeness (QED) is 0.540. The van der Waals surface area contributed by atoms with E-state index in [1.165, 1.54) is 6.92 Å². The molecule has 1 aliphatic heterocycles. The van der Waals surface area contributed by atoms with Gasteiger partial charge in [0, 0.05) is 12.5 Å². The van der Waals surface area contributed by atoms with Crippen molar-refractivity contribution in [2.24, 2.45) is 5.73 Å². The first-order chi connectivity index (χ1) is 14.0. The molecule has 0 bridgehead atoms. The molecule has 4 rings (SSSR count). The predicted molar refractivity (Wildman–Crippen MR) is 108 cm³/mol. The second-order valence-electron chi connectivity index (χ2n) is 6.65. The van der Waals surface area contributed by atoms with Gasteiger partial charge in [-0.25, -0.2) is 0 Å². The van der Waals surface area contributed by atoms with Gasteiger partial charge < -0.3 is 19.9 Å². The average Bonchev–Trinajstić information content (AvgIpc) is 2.72. The number of fused-ring (bicyclic) bond motifs is 3. The van der Waals surface area contributed by atoms with Crippen molar-refractivity contribution in [3.05, 3.63) is 77.2 Å². The summed E-state index contributed by atoms with van der Waals surface area (Å²) >= 11 is 0. The molecule has 1 aliphatic rings. The Morgan fingerprint density at radius 3 is 2.45 bits per heavy atom. The van der Waals surface area contributed by atoms with E-state index < -0.39 is 11.9 Å². The molecule has 6 heteroatoms. The third-order valence-electron chi connectivity index (χ3n) is 4.89. The number of carbonyl (C=O) groups is 1. The molecule has 3 aromatic carbocycles. The molecule has 0 saturated carbocycles. The summed E-state index contributed by atoms with van der Waals surface area (Å²) in [5.41, 5.74) is 8.07. The summed E-state index contributed by atoms with van der Waals surface area (Å²) in [5, 5.41) is 11.6. The molecule has 1 unspecified atom stereocenters. The number of carbonyl (C=O) groups excluding carboxylic acids is 1. The number of esters is 1. The highest BCUT2D eigenvalue weighted by molar-refractivity contribution is 5.91. The van der Waals surface area contributed by atoms with Gasteiger partial charge in [0.25, 0.3) is 0 Å². The number of nitriles is 1. The van der Waals surface area contributed by atoms with Crippen molar-refractivity contribution in [1.29, 1.82) is 5.26 Å². The summed E-state index contributed by atoms with van der Waals surface area (Å²) in [4.78, 5) is 11.4. The third kappa shape index (κ3) is 3.23. The number of hydrogen-bond donors (Lipinski definition) is 1. The van der Waals surface area contributed by atoms with Crippen LogP contribution in [0.1, 0.15) is 24.0 Å². The van der Waals surface area contributed by atoms with Crippen molar-refractivity contribution < 1.29 is 19.0 Å². The molecule has 1 heterocycles. The minimum absolute atomic E-state index is 0.0799. The van der Waals surface area contributed by atoms with E-state index >= 15 is 0 Å². The van der Waals surface area contributed by atoms with Crippen LogP contribution in [0.5, 0.6) is 17.2 Å². The molecule has 0 fully saturated rings. The number of ether oxygens (including phenoxy) is 3. The minimum Gasteiger partial charge on any atom is -0.497 e. The lowest BCUT2D eigenvalue weighted by Crippen LogP contribution is -2.21. The second-order valence-corrected chi connectivity index (χ2v) is 6.65. The van der Waals surface area contributed by atoms with Gasteiger partial charge in [-0.2, -0.15) is 5.26 Å². The Labute approximate surface area is 167 Å². The molecule has 0 spiro atoms. The smallest absolute Gasteiger partial charge is 0.308 e. The molecule has 0 radical (unpaired) electrons. The van der Waals surface area contributed by atoms with Gasteiger partial charge >= 0.3 is 5.97 Å². The van der Waals surface area contributed by atoms with Crippen LogP contribution in [0.2, 0.25) is 0 Å². The highest BCUT2D eigenvalue weighted by Crippen LogP contribution is 2.46. The molecule has 1 atom stereocenters. The summed E-state index contributed by atoms with van der Waals surface area (Å²) in [6, 6.07) is 18.8. The first-order valence-corrected chi connectivity index (χ1v) is 8.98. The first-order valence-electron chi connectivity index (χ1n) is 8.98. The van der Waals surface area contributed by atoms with Crippen molar-refractivity contribution in [2.75, 3.05) is 7.11 Å². The Morgan fingerprint density at radius 2 is 1.79 bits per heavy atom. The van der Waals surface area contributed by atoms with E-state index in [2.05, 4.69) is 6.07 Å². The van der Waals surface area contributed by atoms with Gasteiger partial charge in [-0.1, -0.05) is 24.3 Å². The van der Waals surface area contributed by atoms with Gasteiger partial charge in [0.2, 0.25) is 5.88 Å². The molecule has 0 amide bonds. The molecule has 29 heavy (non-hydrogen) atoms. The maximum atomic E-state index is 11.4. The number of benzene rings is 3. The third-order valence-corrected chi connectivity index (χ3v) is 4.89. The lowest BCUT2D eigenvalue weighted by Gasteiger charge is -2.28. The highest BCUT2D eigenvalue weighted by Gasteiger charge is 2.32. The number of hydrogen-bond acceptors (Lipinski definition) is 6. The Kier molecular flexibility index (Phi) is 4.57. The summed E-state index contributed by atoms with van der Waals surface area (Å²) in [6.45, 7) is 1.35. The van der Waals surface area contributed by atoms with E-state index in [1.54, 1.807) is 19.2 Å². The van der Waals surface area contributed by atoms with Crippen LogP contribution < -0.4 is 19.9 Å². The standard InChI is InChI=1S/C23H18N2O4/c1-13(26)28-17-9-3-14-6-10-20-22(18(14)11-17)21(19(12-24)23(25)29-20)15-4-7-16(27-2)8-5-15/h3-11,21H,25H2,1-2H3. The Hall–Kier alpha value is -3.98. The minimum atomic E-state index is -0.425. The molecular formula is C23H18N2O4. The van der Waals surface area contributed by atoms with Crippen LogP contribution in [-0.4, -0.2) is 13.1 Å². The Bertz CT molecular complexity index is 1190. The van der Waals surface area contributed by atoms with E-state index in [0.717, 1.165) is 21.9 Å². The normalized spacial score (nSPS) is 15.3. The number of methoxy groups -OCH3 is 1. The van der Waals surface area contributed by atoms with E-state index in [-0.39, 0.29) is 5.88 Å². The van der Waals surface area contributed by atoms with Crippen molar-refractivity contribution in [3.63, 3.8) is 0 Å². The topological polar surface area (TPSA) is 94.6 Å². The fourth-order valence-electron chi connectivity index (χ4n) is 3.63. The number of rotatable bonds is 3. The zero-order valence-electron chi connectivity index (χ0n) is 15.9. The highest BCUT2D eigenvalue weighted by atomic mass is 16.5. The van der Waals surface area contributed by atoms with E-state index in [4.69, 9.17) is 19.9 Å². The maximum Gasteiger partial charge on any atom is 0.308 e. The first kappa shape index (κ1) is 18.4. The molecule has 2 N–H and O–H groups in total. The van der Waals surface area contributed by atoms with Crippen LogP contribution in [-0.2, 0) is 4.79 Å².